The fourth-order valence-corrected chi connectivity index (χ4v) is 1.42. The molecule has 17 heavy (non-hydrogen) atoms. The highest BCUT2D eigenvalue weighted by molar-refractivity contribution is 5.54. The van der Waals surface area contributed by atoms with Crippen LogP contribution in [0.4, 0.5) is 11.6 Å². The summed E-state index contributed by atoms with van der Waals surface area (Å²) in [6.07, 6.45) is 3.22. The predicted molar refractivity (Wildman–Crippen MR) is 65.3 cm³/mol. The highest BCUT2D eigenvalue weighted by Gasteiger charge is 2.06. The molecule has 0 amide bonds. The molecule has 3 N–H and O–H groups in total. The molecule has 2 aromatic heterocycles. The number of rotatable bonds is 3. The van der Waals surface area contributed by atoms with Crippen LogP contribution in [-0.4, -0.2) is 19.9 Å². The fraction of sp³-hybridized carbons (Fsp3) is 0.273. The highest BCUT2D eigenvalue weighted by atomic mass is 15.1. The van der Waals surface area contributed by atoms with Gasteiger partial charge in [0.25, 0.3) is 0 Å². The molecular weight excluding hydrogens is 216 g/mol. The SMILES string of the molecule is Cc1nc(N)c(C)c(NCc2ccncn2)n1. The van der Waals surface area contributed by atoms with E-state index in [1.165, 1.54) is 6.33 Å². The van der Waals surface area contributed by atoms with Crippen LogP contribution >= 0.6 is 0 Å². The lowest BCUT2D eigenvalue weighted by Gasteiger charge is -2.10. The lowest BCUT2D eigenvalue weighted by molar-refractivity contribution is 0.970. The van der Waals surface area contributed by atoms with E-state index in [2.05, 4.69) is 25.3 Å². The van der Waals surface area contributed by atoms with Crippen molar-refractivity contribution in [3.63, 3.8) is 0 Å². The van der Waals surface area contributed by atoms with Crippen molar-refractivity contribution >= 4 is 11.6 Å². The molecule has 0 saturated heterocycles. The molecule has 0 aliphatic heterocycles. The van der Waals surface area contributed by atoms with Crippen LogP contribution in [0.3, 0.4) is 0 Å². The molecule has 0 atom stereocenters. The smallest absolute Gasteiger partial charge is 0.135 e. The Labute approximate surface area is 99.4 Å². The standard InChI is InChI=1S/C11H14N6/c1-7-10(12)16-8(2)17-11(7)14-5-9-3-4-13-6-15-9/h3-4,6H,5H2,1-2H3,(H3,12,14,16,17). The Morgan fingerprint density at radius 3 is 2.82 bits per heavy atom. The van der Waals surface area contributed by atoms with Gasteiger partial charge in [0.2, 0.25) is 0 Å². The van der Waals surface area contributed by atoms with E-state index in [1.54, 1.807) is 6.20 Å². The third kappa shape index (κ3) is 2.66. The number of nitrogens with two attached hydrogens (primary N) is 1. The van der Waals surface area contributed by atoms with Crippen molar-refractivity contribution in [1.29, 1.82) is 0 Å². The second-order valence-electron chi connectivity index (χ2n) is 3.68. The van der Waals surface area contributed by atoms with Gasteiger partial charge < -0.3 is 11.1 Å². The maximum absolute atomic E-state index is 5.77. The van der Waals surface area contributed by atoms with E-state index >= 15 is 0 Å². The first-order valence-corrected chi connectivity index (χ1v) is 5.26. The van der Waals surface area contributed by atoms with Crippen LogP contribution in [0.2, 0.25) is 0 Å². The van der Waals surface area contributed by atoms with E-state index < -0.39 is 0 Å². The summed E-state index contributed by atoms with van der Waals surface area (Å²) in [5.74, 6) is 1.90. The minimum absolute atomic E-state index is 0.502. The van der Waals surface area contributed by atoms with Gasteiger partial charge in [0, 0.05) is 11.8 Å². The summed E-state index contributed by atoms with van der Waals surface area (Å²) >= 11 is 0. The summed E-state index contributed by atoms with van der Waals surface area (Å²) < 4.78 is 0. The van der Waals surface area contributed by atoms with Crippen LogP contribution in [0.1, 0.15) is 17.1 Å². The molecule has 2 heterocycles. The third-order valence-electron chi connectivity index (χ3n) is 2.38. The average Bonchev–Trinajstić information content (AvgIpc) is 2.33. The van der Waals surface area contributed by atoms with Crippen LogP contribution < -0.4 is 11.1 Å². The lowest BCUT2D eigenvalue weighted by atomic mass is 10.3. The maximum Gasteiger partial charge on any atom is 0.135 e. The van der Waals surface area contributed by atoms with Crippen molar-refractivity contribution in [3.05, 3.63) is 35.7 Å². The zero-order valence-electron chi connectivity index (χ0n) is 9.81. The van der Waals surface area contributed by atoms with E-state index in [0.717, 1.165) is 17.1 Å². The maximum atomic E-state index is 5.77. The van der Waals surface area contributed by atoms with Crippen molar-refractivity contribution < 1.29 is 0 Å². The molecule has 0 spiro atoms. The van der Waals surface area contributed by atoms with Gasteiger partial charge in [0.05, 0.1) is 12.2 Å². The van der Waals surface area contributed by atoms with Crippen LogP contribution in [0.5, 0.6) is 0 Å². The summed E-state index contributed by atoms with van der Waals surface area (Å²) in [6.45, 7) is 4.28. The molecule has 88 valence electrons. The second-order valence-corrected chi connectivity index (χ2v) is 3.68. The Hall–Kier alpha value is -2.24. The number of nitrogens with zero attached hydrogens (tertiary/aromatic N) is 4. The molecule has 6 heteroatoms. The lowest BCUT2D eigenvalue weighted by Crippen LogP contribution is -2.08. The van der Waals surface area contributed by atoms with Gasteiger partial charge in [-0.05, 0) is 19.9 Å². The topological polar surface area (TPSA) is 89.6 Å². The number of hydrogen-bond acceptors (Lipinski definition) is 6. The first-order valence-electron chi connectivity index (χ1n) is 5.26. The van der Waals surface area contributed by atoms with E-state index in [-0.39, 0.29) is 0 Å². The van der Waals surface area contributed by atoms with Crippen LogP contribution in [0.25, 0.3) is 0 Å². The van der Waals surface area contributed by atoms with Gasteiger partial charge in [-0.15, -0.1) is 0 Å². The Morgan fingerprint density at radius 2 is 2.12 bits per heavy atom. The Morgan fingerprint density at radius 1 is 1.29 bits per heavy atom. The summed E-state index contributed by atoms with van der Waals surface area (Å²) in [7, 11) is 0. The molecule has 0 aliphatic rings. The third-order valence-corrected chi connectivity index (χ3v) is 2.38. The second kappa shape index (κ2) is 4.73. The molecular formula is C11H14N6. The van der Waals surface area contributed by atoms with Crippen molar-refractivity contribution in [2.75, 3.05) is 11.1 Å². The molecule has 0 aromatic carbocycles. The summed E-state index contributed by atoms with van der Waals surface area (Å²) in [4.78, 5) is 16.4. The molecule has 0 unspecified atom stereocenters. The normalized spacial score (nSPS) is 10.2. The molecule has 0 radical (unpaired) electrons. The first kappa shape index (κ1) is 11.3. The summed E-state index contributed by atoms with van der Waals surface area (Å²) in [6, 6.07) is 1.85. The molecule has 2 aromatic rings. The van der Waals surface area contributed by atoms with Crippen LogP contribution in [0, 0.1) is 13.8 Å². The van der Waals surface area contributed by atoms with E-state index in [4.69, 9.17) is 5.73 Å². The van der Waals surface area contributed by atoms with E-state index in [1.807, 2.05) is 19.9 Å². The monoisotopic (exact) mass is 230 g/mol. The molecule has 0 aliphatic carbocycles. The predicted octanol–water partition coefficient (Wildman–Crippen LogP) is 1.08. The summed E-state index contributed by atoms with van der Waals surface area (Å²) in [5.41, 5.74) is 7.52. The average molecular weight is 230 g/mol. The van der Waals surface area contributed by atoms with E-state index in [0.29, 0.717) is 18.2 Å². The zero-order valence-corrected chi connectivity index (χ0v) is 9.81. The first-order chi connectivity index (χ1) is 8.16. The number of aromatic nitrogens is 4. The number of anilines is 2. The number of nitrogen functional groups attached to an aromatic ring is 1. The minimum atomic E-state index is 0.502. The number of nitrogens with one attached hydrogen (secondary N) is 1. The Bertz CT molecular complexity index is 511. The van der Waals surface area contributed by atoms with Crippen molar-refractivity contribution in [2.24, 2.45) is 0 Å². The minimum Gasteiger partial charge on any atom is -0.383 e. The highest BCUT2D eigenvalue weighted by Crippen LogP contribution is 2.17. The molecule has 0 bridgehead atoms. The fourth-order valence-electron chi connectivity index (χ4n) is 1.42. The number of hydrogen-bond donors (Lipinski definition) is 2. The Balaban J connectivity index is 2.14. The largest absolute Gasteiger partial charge is 0.383 e. The van der Waals surface area contributed by atoms with Crippen molar-refractivity contribution in [1.82, 2.24) is 19.9 Å². The molecule has 2 rings (SSSR count). The Kier molecular flexibility index (Phi) is 3.13. The quantitative estimate of drug-likeness (QED) is 0.820. The van der Waals surface area contributed by atoms with Crippen molar-refractivity contribution in [3.8, 4) is 0 Å². The van der Waals surface area contributed by atoms with Gasteiger partial charge in [0.1, 0.15) is 23.8 Å². The van der Waals surface area contributed by atoms with Gasteiger partial charge in [-0.3, -0.25) is 0 Å². The number of aryl methyl sites for hydroxylation is 1. The summed E-state index contributed by atoms with van der Waals surface area (Å²) in [5, 5.41) is 3.19. The molecule has 0 fully saturated rings. The van der Waals surface area contributed by atoms with Gasteiger partial charge in [0.15, 0.2) is 0 Å². The van der Waals surface area contributed by atoms with E-state index in [9.17, 15) is 0 Å². The zero-order chi connectivity index (χ0) is 12.3. The van der Waals surface area contributed by atoms with Crippen LogP contribution in [0.15, 0.2) is 18.6 Å². The molecule has 0 saturated carbocycles. The van der Waals surface area contributed by atoms with Gasteiger partial charge in [-0.1, -0.05) is 0 Å². The van der Waals surface area contributed by atoms with Crippen molar-refractivity contribution in [2.45, 2.75) is 20.4 Å². The van der Waals surface area contributed by atoms with Crippen LogP contribution in [-0.2, 0) is 6.54 Å². The molecule has 6 nitrogen and oxygen atoms in total. The van der Waals surface area contributed by atoms with Gasteiger partial charge in [-0.25, -0.2) is 19.9 Å². The van der Waals surface area contributed by atoms with Gasteiger partial charge in [-0.2, -0.15) is 0 Å². The van der Waals surface area contributed by atoms with Gasteiger partial charge >= 0.3 is 0 Å².